The van der Waals surface area contributed by atoms with Crippen LogP contribution in [0, 0.1) is 5.92 Å². The van der Waals surface area contributed by atoms with Crippen molar-refractivity contribution in [3.8, 4) is 0 Å². The SMILES string of the molecule is CC(C)[C@H](NC(=O)c1ccc(Cl)c(S(=O)(=O)N2CCOCC2)c1)c1nc2ccccc2[nH]1. The van der Waals surface area contributed by atoms with Gasteiger partial charge in [0, 0.05) is 18.7 Å². The molecule has 1 saturated heterocycles. The van der Waals surface area contributed by atoms with Crippen LogP contribution < -0.4 is 5.32 Å². The lowest BCUT2D eigenvalue weighted by Gasteiger charge is -2.26. The lowest BCUT2D eigenvalue weighted by molar-refractivity contribution is 0.0730. The van der Waals surface area contributed by atoms with Gasteiger partial charge in [-0.15, -0.1) is 0 Å². The Bertz CT molecular complexity index is 1200. The average molecular weight is 477 g/mol. The van der Waals surface area contributed by atoms with Gasteiger partial charge >= 0.3 is 0 Å². The van der Waals surface area contributed by atoms with Gasteiger partial charge < -0.3 is 15.0 Å². The Kier molecular flexibility index (Phi) is 6.52. The van der Waals surface area contributed by atoms with Crippen molar-refractivity contribution in [2.75, 3.05) is 26.3 Å². The summed E-state index contributed by atoms with van der Waals surface area (Å²) < 4.78 is 32.7. The van der Waals surface area contributed by atoms with Gasteiger partial charge in [0.1, 0.15) is 10.7 Å². The van der Waals surface area contributed by atoms with Crippen LogP contribution in [0.4, 0.5) is 0 Å². The van der Waals surface area contributed by atoms with E-state index in [2.05, 4.69) is 15.3 Å². The van der Waals surface area contributed by atoms with E-state index in [1.807, 2.05) is 38.1 Å². The Hall–Kier alpha value is -2.46. The fraction of sp³-hybridized carbons (Fsp3) is 0.364. The lowest BCUT2D eigenvalue weighted by atomic mass is 10.0. The number of H-pyrrole nitrogens is 1. The van der Waals surface area contributed by atoms with Crippen molar-refractivity contribution < 1.29 is 17.9 Å². The van der Waals surface area contributed by atoms with Crippen molar-refractivity contribution in [3.63, 3.8) is 0 Å². The van der Waals surface area contributed by atoms with Crippen LogP contribution in [0.3, 0.4) is 0 Å². The van der Waals surface area contributed by atoms with E-state index in [9.17, 15) is 13.2 Å². The number of hydrogen-bond acceptors (Lipinski definition) is 5. The number of benzene rings is 2. The molecular weight excluding hydrogens is 452 g/mol. The molecule has 8 nitrogen and oxygen atoms in total. The molecule has 3 aromatic rings. The molecular formula is C22H25ClN4O4S. The summed E-state index contributed by atoms with van der Waals surface area (Å²) in [6.45, 7) is 5.10. The first kappa shape index (κ1) is 22.7. The number of aromatic nitrogens is 2. The van der Waals surface area contributed by atoms with Crippen molar-refractivity contribution in [1.82, 2.24) is 19.6 Å². The van der Waals surface area contributed by atoms with Crippen LogP contribution >= 0.6 is 11.6 Å². The molecule has 1 atom stereocenters. The topological polar surface area (TPSA) is 104 Å². The number of para-hydroxylation sites is 2. The molecule has 1 fully saturated rings. The summed E-state index contributed by atoms with van der Waals surface area (Å²) in [5.41, 5.74) is 1.91. The minimum absolute atomic E-state index is 0.0448. The number of carbonyl (C=O) groups excluding carboxylic acids is 1. The van der Waals surface area contributed by atoms with Crippen molar-refractivity contribution >= 4 is 38.6 Å². The maximum Gasteiger partial charge on any atom is 0.251 e. The maximum absolute atomic E-state index is 13.1. The average Bonchev–Trinajstić information content (AvgIpc) is 3.21. The van der Waals surface area contributed by atoms with Crippen LogP contribution in [0.5, 0.6) is 0 Å². The largest absolute Gasteiger partial charge is 0.379 e. The standard InChI is InChI=1S/C22H25ClN4O4S/c1-14(2)20(21-24-17-5-3-4-6-18(17)25-21)26-22(28)15-7-8-16(23)19(13-15)32(29,30)27-9-11-31-12-10-27/h3-8,13-14,20H,9-12H2,1-2H3,(H,24,25)(H,26,28)/t20-/m0/s1. The number of nitrogens with one attached hydrogen (secondary N) is 2. The first-order chi connectivity index (χ1) is 15.3. The third kappa shape index (κ3) is 4.52. The normalized spacial score (nSPS) is 16.4. The molecule has 2 N–H and O–H groups in total. The van der Waals surface area contributed by atoms with E-state index in [0.29, 0.717) is 19.0 Å². The number of amides is 1. The highest BCUT2D eigenvalue weighted by Gasteiger charge is 2.30. The van der Waals surface area contributed by atoms with Crippen molar-refractivity contribution in [3.05, 3.63) is 58.9 Å². The summed E-state index contributed by atoms with van der Waals surface area (Å²) >= 11 is 6.22. The monoisotopic (exact) mass is 476 g/mol. The molecule has 0 saturated carbocycles. The number of aromatic amines is 1. The van der Waals surface area contributed by atoms with Crippen LogP contribution in [-0.4, -0.2) is 54.9 Å². The van der Waals surface area contributed by atoms with Crippen LogP contribution in [-0.2, 0) is 14.8 Å². The molecule has 0 unspecified atom stereocenters. The zero-order valence-electron chi connectivity index (χ0n) is 17.8. The van der Waals surface area contributed by atoms with Gasteiger partial charge in [-0.05, 0) is 36.2 Å². The summed E-state index contributed by atoms with van der Waals surface area (Å²) in [5, 5.41) is 3.06. The van der Waals surface area contributed by atoms with Crippen molar-refractivity contribution in [2.45, 2.75) is 24.8 Å². The first-order valence-corrected chi connectivity index (χ1v) is 12.2. The molecule has 1 aliphatic heterocycles. The summed E-state index contributed by atoms with van der Waals surface area (Å²) in [4.78, 5) is 20.9. The molecule has 0 bridgehead atoms. The van der Waals surface area contributed by atoms with Crippen LogP contribution in [0.25, 0.3) is 11.0 Å². The second kappa shape index (κ2) is 9.19. The second-order valence-electron chi connectivity index (χ2n) is 8.00. The summed E-state index contributed by atoms with van der Waals surface area (Å²) in [5.74, 6) is 0.285. The van der Waals surface area contributed by atoms with Crippen molar-refractivity contribution in [1.29, 1.82) is 0 Å². The number of sulfonamides is 1. The molecule has 170 valence electrons. The molecule has 1 amide bonds. The second-order valence-corrected chi connectivity index (χ2v) is 10.3. The molecule has 0 radical (unpaired) electrons. The minimum atomic E-state index is -3.84. The zero-order chi connectivity index (χ0) is 22.9. The summed E-state index contributed by atoms with van der Waals surface area (Å²) in [7, 11) is -3.84. The highest BCUT2D eigenvalue weighted by atomic mass is 35.5. The molecule has 4 rings (SSSR count). The number of rotatable bonds is 6. The molecule has 32 heavy (non-hydrogen) atoms. The number of halogens is 1. The van der Waals surface area contributed by atoms with E-state index < -0.39 is 15.9 Å². The van der Waals surface area contributed by atoms with Crippen LogP contribution in [0.2, 0.25) is 5.02 Å². The van der Waals surface area contributed by atoms with Gasteiger partial charge in [-0.25, -0.2) is 13.4 Å². The number of imidazole rings is 1. The lowest BCUT2D eigenvalue weighted by Crippen LogP contribution is -2.40. The van der Waals surface area contributed by atoms with Gasteiger partial charge in [0.05, 0.1) is 35.3 Å². The van der Waals surface area contributed by atoms with Gasteiger partial charge in [-0.3, -0.25) is 4.79 Å². The van der Waals surface area contributed by atoms with Gasteiger partial charge in [0.2, 0.25) is 10.0 Å². The van der Waals surface area contributed by atoms with Crippen molar-refractivity contribution in [2.24, 2.45) is 5.92 Å². The fourth-order valence-corrected chi connectivity index (χ4v) is 5.57. The van der Waals surface area contributed by atoms with Gasteiger partial charge in [0.25, 0.3) is 5.91 Å². The zero-order valence-corrected chi connectivity index (χ0v) is 19.4. The molecule has 10 heteroatoms. The van der Waals surface area contributed by atoms with E-state index in [1.54, 1.807) is 0 Å². The molecule has 0 aliphatic carbocycles. The predicted molar refractivity (Wildman–Crippen MR) is 122 cm³/mol. The molecule has 2 heterocycles. The Balaban J connectivity index is 1.61. The van der Waals surface area contributed by atoms with Gasteiger partial charge in [-0.1, -0.05) is 37.6 Å². The Morgan fingerprint density at radius 2 is 1.91 bits per heavy atom. The number of hydrogen-bond donors (Lipinski definition) is 2. The first-order valence-electron chi connectivity index (χ1n) is 10.4. The maximum atomic E-state index is 13.1. The molecule has 1 aliphatic rings. The van der Waals surface area contributed by atoms with Crippen LogP contribution in [0.15, 0.2) is 47.4 Å². The fourth-order valence-electron chi connectivity index (χ4n) is 3.66. The van der Waals surface area contributed by atoms with E-state index >= 15 is 0 Å². The third-order valence-corrected chi connectivity index (χ3v) is 7.82. The highest BCUT2D eigenvalue weighted by molar-refractivity contribution is 7.89. The number of nitrogens with zero attached hydrogens (tertiary/aromatic N) is 2. The molecule has 1 aromatic heterocycles. The number of morpholine rings is 1. The predicted octanol–water partition coefficient (Wildman–Crippen LogP) is 3.36. The Labute approximate surface area is 192 Å². The summed E-state index contributed by atoms with van der Waals surface area (Å²) in [6, 6.07) is 11.5. The summed E-state index contributed by atoms with van der Waals surface area (Å²) in [6.07, 6.45) is 0. The van der Waals surface area contributed by atoms with E-state index in [1.165, 1.54) is 22.5 Å². The van der Waals surface area contributed by atoms with E-state index in [0.717, 1.165) is 11.0 Å². The minimum Gasteiger partial charge on any atom is -0.379 e. The highest BCUT2D eigenvalue weighted by Crippen LogP contribution is 2.28. The number of fused-ring (bicyclic) bond motifs is 1. The Morgan fingerprint density at radius 1 is 1.19 bits per heavy atom. The third-order valence-electron chi connectivity index (χ3n) is 5.44. The van der Waals surface area contributed by atoms with Gasteiger partial charge in [-0.2, -0.15) is 4.31 Å². The van der Waals surface area contributed by atoms with Gasteiger partial charge in [0.15, 0.2) is 0 Å². The smallest absolute Gasteiger partial charge is 0.251 e. The Morgan fingerprint density at radius 3 is 2.59 bits per heavy atom. The number of carbonyl (C=O) groups is 1. The van der Waals surface area contributed by atoms with E-state index in [-0.39, 0.29) is 40.5 Å². The van der Waals surface area contributed by atoms with E-state index in [4.69, 9.17) is 16.3 Å². The quantitative estimate of drug-likeness (QED) is 0.567. The molecule has 0 spiro atoms. The number of ether oxygens (including phenoxy) is 1. The molecule has 2 aromatic carbocycles. The van der Waals surface area contributed by atoms with Crippen LogP contribution in [0.1, 0.15) is 36.1 Å².